The second kappa shape index (κ2) is 5.82. The van der Waals surface area contributed by atoms with E-state index in [1.807, 2.05) is 0 Å². The maximum atomic E-state index is 12.2. The van der Waals surface area contributed by atoms with E-state index in [0.29, 0.717) is 25.1 Å². The van der Waals surface area contributed by atoms with Gasteiger partial charge in [0.2, 0.25) is 0 Å². The average Bonchev–Trinajstić information content (AvgIpc) is 2.82. The van der Waals surface area contributed by atoms with E-state index in [9.17, 15) is 9.90 Å². The molecule has 1 fully saturated rings. The Kier molecular flexibility index (Phi) is 4.15. The smallest absolute Gasteiger partial charge is 0.254 e. The van der Waals surface area contributed by atoms with Gasteiger partial charge in [0.05, 0.1) is 6.10 Å². The average molecular weight is 249 g/mol. The van der Waals surface area contributed by atoms with Crippen LogP contribution < -0.4 is 5.32 Å². The number of rotatable bonds is 4. The van der Waals surface area contributed by atoms with Crippen molar-refractivity contribution < 1.29 is 9.90 Å². The fraction of sp³-hybridized carbons (Fsp3) is 0.538. The summed E-state index contributed by atoms with van der Waals surface area (Å²) in [6.45, 7) is 3.97. The lowest BCUT2D eigenvalue weighted by Crippen LogP contribution is -2.29. The van der Waals surface area contributed by atoms with Gasteiger partial charge in [0.1, 0.15) is 5.82 Å². The van der Waals surface area contributed by atoms with Gasteiger partial charge >= 0.3 is 0 Å². The highest BCUT2D eigenvalue weighted by atomic mass is 16.3. The Balaban J connectivity index is 2.05. The van der Waals surface area contributed by atoms with Gasteiger partial charge in [-0.2, -0.15) is 0 Å². The van der Waals surface area contributed by atoms with Crippen LogP contribution in [0.25, 0.3) is 0 Å². The summed E-state index contributed by atoms with van der Waals surface area (Å²) in [5, 5.41) is 12.6. The van der Waals surface area contributed by atoms with Gasteiger partial charge in [0.25, 0.3) is 5.91 Å². The van der Waals surface area contributed by atoms with Crippen LogP contribution in [0.5, 0.6) is 0 Å². The van der Waals surface area contributed by atoms with Crippen molar-refractivity contribution in [3.05, 3.63) is 23.9 Å². The van der Waals surface area contributed by atoms with Crippen molar-refractivity contribution in [3.63, 3.8) is 0 Å². The molecule has 1 aliphatic heterocycles. The number of aliphatic hydroxyl groups is 1. The van der Waals surface area contributed by atoms with E-state index in [4.69, 9.17) is 0 Å². The molecule has 98 valence electrons. The van der Waals surface area contributed by atoms with Gasteiger partial charge in [-0.15, -0.1) is 0 Å². The lowest BCUT2D eigenvalue weighted by atomic mass is 10.2. The molecule has 1 aliphatic rings. The molecular formula is C13H19N3O2. The summed E-state index contributed by atoms with van der Waals surface area (Å²) in [5.74, 6) is 0.691. The number of aromatic nitrogens is 1. The lowest BCUT2D eigenvalue weighted by Gasteiger charge is -2.15. The number of hydrogen-bond donors (Lipinski definition) is 2. The number of nitrogens with one attached hydrogen (secondary N) is 1. The van der Waals surface area contributed by atoms with Crippen molar-refractivity contribution in [3.8, 4) is 0 Å². The van der Waals surface area contributed by atoms with E-state index >= 15 is 0 Å². The number of aliphatic hydroxyl groups excluding tert-OH is 1. The van der Waals surface area contributed by atoms with Crippen molar-refractivity contribution >= 4 is 11.7 Å². The minimum absolute atomic E-state index is 0.0338. The summed E-state index contributed by atoms with van der Waals surface area (Å²) in [6, 6.07) is 3.48. The van der Waals surface area contributed by atoms with Crippen LogP contribution in [0.4, 0.5) is 5.82 Å². The molecule has 1 saturated heterocycles. The quantitative estimate of drug-likeness (QED) is 0.839. The molecule has 0 radical (unpaired) electrons. The summed E-state index contributed by atoms with van der Waals surface area (Å²) >= 11 is 0. The fourth-order valence-electron chi connectivity index (χ4n) is 2.02. The van der Waals surface area contributed by atoms with Gasteiger partial charge in [0.15, 0.2) is 0 Å². The molecule has 2 rings (SSSR count). The van der Waals surface area contributed by atoms with Crippen molar-refractivity contribution in [1.29, 1.82) is 0 Å². The molecule has 1 atom stereocenters. The summed E-state index contributed by atoms with van der Waals surface area (Å²) < 4.78 is 0. The first-order valence-corrected chi connectivity index (χ1v) is 6.38. The molecule has 0 bridgehead atoms. The first-order valence-electron chi connectivity index (χ1n) is 6.38. The van der Waals surface area contributed by atoms with Crippen molar-refractivity contribution in [2.75, 3.05) is 25.0 Å². The molecule has 1 unspecified atom stereocenters. The normalized spacial score (nSPS) is 19.0. The number of hydrogen-bond acceptors (Lipinski definition) is 4. The predicted molar refractivity (Wildman–Crippen MR) is 69.5 cm³/mol. The minimum atomic E-state index is -0.381. The van der Waals surface area contributed by atoms with Crippen LogP contribution in [0, 0.1) is 0 Å². The standard InChI is InChI=1S/C13H19N3O2/c1-2-5-14-12-8-10(3-6-15-12)13(18)16-7-4-11(17)9-16/h3,6,8,11,17H,2,4-5,7,9H2,1H3,(H,14,15). The number of carbonyl (C=O) groups is 1. The van der Waals surface area contributed by atoms with Crippen LogP contribution >= 0.6 is 0 Å². The first kappa shape index (κ1) is 12.8. The Morgan fingerprint density at radius 1 is 1.67 bits per heavy atom. The molecule has 0 saturated carbocycles. The van der Waals surface area contributed by atoms with Crippen LogP contribution in [0.2, 0.25) is 0 Å². The fourth-order valence-corrected chi connectivity index (χ4v) is 2.02. The van der Waals surface area contributed by atoms with Gasteiger partial charge in [-0.1, -0.05) is 6.92 Å². The van der Waals surface area contributed by atoms with Crippen LogP contribution in [-0.2, 0) is 0 Å². The zero-order chi connectivity index (χ0) is 13.0. The van der Waals surface area contributed by atoms with Crippen molar-refractivity contribution in [2.24, 2.45) is 0 Å². The molecule has 0 aromatic carbocycles. The topological polar surface area (TPSA) is 65.5 Å². The number of carbonyl (C=O) groups excluding carboxylic acids is 1. The molecule has 5 nitrogen and oxygen atoms in total. The Hall–Kier alpha value is -1.62. The summed E-state index contributed by atoms with van der Waals surface area (Å²) in [5.41, 5.74) is 0.623. The highest BCUT2D eigenvalue weighted by Gasteiger charge is 2.25. The van der Waals surface area contributed by atoms with Crippen molar-refractivity contribution in [2.45, 2.75) is 25.9 Å². The van der Waals surface area contributed by atoms with E-state index in [0.717, 1.165) is 18.8 Å². The number of likely N-dealkylation sites (tertiary alicyclic amines) is 1. The molecule has 0 aliphatic carbocycles. The molecule has 1 amide bonds. The molecule has 1 aromatic heterocycles. The van der Waals surface area contributed by atoms with Crippen LogP contribution in [0.1, 0.15) is 30.1 Å². The number of β-amino-alcohol motifs (C(OH)–C–C–N with tert-alkyl or cyclic N) is 1. The Labute approximate surface area is 107 Å². The molecule has 5 heteroatoms. The third kappa shape index (κ3) is 2.98. The first-order chi connectivity index (χ1) is 8.70. The third-order valence-corrected chi connectivity index (χ3v) is 3.01. The maximum Gasteiger partial charge on any atom is 0.254 e. The minimum Gasteiger partial charge on any atom is -0.391 e. The largest absolute Gasteiger partial charge is 0.391 e. The molecule has 1 aromatic rings. The van der Waals surface area contributed by atoms with E-state index in [-0.39, 0.29) is 12.0 Å². The summed E-state index contributed by atoms with van der Waals surface area (Å²) in [6.07, 6.45) is 2.93. The maximum absolute atomic E-state index is 12.2. The van der Waals surface area contributed by atoms with Gasteiger partial charge in [0, 0.05) is 31.4 Å². The van der Waals surface area contributed by atoms with Crippen LogP contribution in [0.15, 0.2) is 18.3 Å². The zero-order valence-electron chi connectivity index (χ0n) is 10.6. The van der Waals surface area contributed by atoms with Crippen LogP contribution in [0.3, 0.4) is 0 Å². The van der Waals surface area contributed by atoms with Gasteiger partial charge < -0.3 is 15.3 Å². The summed E-state index contributed by atoms with van der Waals surface area (Å²) in [7, 11) is 0. The van der Waals surface area contributed by atoms with Gasteiger partial charge in [-0.25, -0.2) is 4.98 Å². The monoisotopic (exact) mass is 249 g/mol. The Morgan fingerprint density at radius 3 is 3.17 bits per heavy atom. The third-order valence-electron chi connectivity index (χ3n) is 3.01. The number of anilines is 1. The zero-order valence-corrected chi connectivity index (χ0v) is 10.6. The van der Waals surface area contributed by atoms with E-state index in [1.54, 1.807) is 23.2 Å². The number of amides is 1. The number of nitrogens with zero attached hydrogens (tertiary/aromatic N) is 2. The molecule has 0 spiro atoms. The molecule has 2 heterocycles. The SMILES string of the molecule is CCCNc1cc(C(=O)N2CCC(O)C2)ccn1. The van der Waals surface area contributed by atoms with E-state index < -0.39 is 0 Å². The number of pyridine rings is 1. The molecular weight excluding hydrogens is 230 g/mol. The second-order valence-electron chi connectivity index (χ2n) is 4.55. The van der Waals surface area contributed by atoms with Crippen LogP contribution in [-0.4, -0.2) is 46.6 Å². The lowest BCUT2D eigenvalue weighted by molar-refractivity contribution is 0.0765. The highest BCUT2D eigenvalue weighted by molar-refractivity contribution is 5.95. The van der Waals surface area contributed by atoms with Crippen molar-refractivity contribution in [1.82, 2.24) is 9.88 Å². The van der Waals surface area contributed by atoms with Gasteiger partial charge in [-0.05, 0) is 25.0 Å². The van der Waals surface area contributed by atoms with E-state index in [1.165, 1.54) is 0 Å². The predicted octanol–water partition coefficient (Wildman–Crippen LogP) is 1.11. The molecule has 2 N–H and O–H groups in total. The Morgan fingerprint density at radius 2 is 2.50 bits per heavy atom. The Bertz CT molecular complexity index is 422. The van der Waals surface area contributed by atoms with E-state index in [2.05, 4.69) is 17.2 Å². The highest BCUT2D eigenvalue weighted by Crippen LogP contribution is 2.15. The summed E-state index contributed by atoms with van der Waals surface area (Å²) in [4.78, 5) is 18.0. The second-order valence-corrected chi connectivity index (χ2v) is 4.55. The van der Waals surface area contributed by atoms with Gasteiger partial charge in [-0.3, -0.25) is 4.79 Å². The molecule has 18 heavy (non-hydrogen) atoms.